The molecule has 55 heavy (non-hydrogen) atoms. The molecule has 0 spiro atoms. The monoisotopic (exact) mass is 771 g/mol. The van der Waals surface area contributed by atoms with E-state index < -0.39 is 47.6 Å². The van der Waals surface area contributed by atoms with Crippen molar-refractivity contribution >= 4 is 67.5 Å². The molecule has 3 aliphatic heterocycles. The van der Waals surface area contributed by atoms with Crippen molar-refractivity contribution in [3.05, 3.63) is 75.9 Å². The molecule has 0 aliphatic carbocycles. The van der Waals surface area contributed by atoms with E-state index in [-0.39, 0.29) is 18.1 Å². The standard InChI is InChI=1S/C42H53N5O7S/c1-9-26-23(5)32-19-35-27(10-2)22(4)31(44-35)18-33-24(6)28(38(46-33)25(7)30-16-21(3)29(43-30)17-34(26)45-32)12-13-37(49)47(8)14-11-15-55(53)42-41(52)40(51)39(50)36(20-48)54-42/h10,16-19,36,39-44,48,50-52H,2,9,11-15,20H2,1,3-8H3/t36-,39-,40+,41-,42+,55?/m1/s1. The van der Waals surface area contributed by atoms with E-state index >= 15 is 0 Å². The van der Waals surface area contributed by atoms with Gasteiger partial charge in [0.1, 0.15) is 24.1 Å². The Kier molecular flexibility index (Phi) is 12.2. The van der Waals surface area contributed by atoms with Gasteiger partial charge in [-0.1, -0.05) is 19.6 Å². The van der Waals surface area contributed by atoms with Crippen molar-refractivity contribution in [3.63, 3.8) is 0 Å². The number of hydrogen-bond acceptors (Lipinski definition) is 9. The Hall–Kier alpha value is -4.08. The van der Waals surface area contributed by atoms with E-state index in [9.17, 15) is 29.8 Å². The van der Waals surface area contributed by atoms with Crippen molar-refractivity contribution in [2.45, 2.75) is 97.1 Å². The number of allylic oxidation sites excluding steroid dienone is 4. The number of nitrogens with zero attached hydrogens (tertiary/aromatic N) is 3. The number of fused-ring (bicyclic) bond motifs is 8. The molecule has 3 aliphatic rings. The quantitative estimate of drug-likeness (QED) is 0.140. The number of H-pyrrole nitrogens is 2. The van der Waals surface area contributed by atoms with E-state index in [1.54, 1.807) is 11.9 Å². The van der Waals surface area contributed by atoms with Crippen LogP contribution in [0.3, 0.4) is 0 Å². The van der Waals surface area contributed by atoms with Gasteiger partial charge in [0.25, 0.3) is 0 Å². The van der Waals surface area contributed by atoms with Crippen LogP contribution in [0.1, 0.15) is 91.5 Å². The summed E-state index contributed by atoms with van der Waals surface area (Å²) in [6.45, 7) is 16.4. The summed E-state index contributed by atoms with van der Waals surface area (Å²) in [4.78, 5) is 32.6. The molecule has 3 aromatic heterocycles. The molecule has 1 unspecified atom stereocenters. The van der Waals surface area contributed by atoms with Crippen LogP contribution < -0.4 is 0 Å². The maximum Gasteiger partial charge on any atom is 0.245 e. The Balaban J connectivity index is 1.29. The minimum Gasteiger partial charge on any atom is -0.614 e. The maximum absolute atomic E-state index is 13.5. The summed E-state index contributed by atoms with van der Waals surface area (Å²) in [7, 11) is 1.70. The number of aromatic nitrogens is 4. The lowest BCUT2D eigenvalue weighted by Crippen LogP contribution is -2.60. The van der Waals surface area contributed by atoms with Crippen LogP contribution in [-0.2, 0) is 20.7 Å². The highest BCUT2D eigenvalue weighted by molar-refractivity contribution is 7.91. The van der Waals surface area contributed by atoms with Crippen molar-refractivity contribution in [1.82, 2.24) is 24.8 Å². The number of rotatable bonds is 11. The summed E-state index contributed by atoms with van der Waals surface area (Å²) in [5.74, 6) is 0.00503. The molecule has 294 valence electrons. The van der Waals surface area contributed by atoms with Crippen molar-refractivity contribution in [2.24, 2.45) is 0 Å². The molecule has 0 saturated carbocycles. The third-order valence-corrected chi connectivity index (χ3v) is 12.9. The van der Waals surface area contributed by atoms with Crippen molar-refractivity contribution in [3.8, 4) is 0 Å². The van der Waals surface area contributed by atoms with Crippen LogP contribution in [0.15, 0.2) is 30.8 Å². The van der Waals surface area contributed by atoms with E-state index in [4.69, 9.17) is 14.7 Å². The van der Waals surface area contributed by atoms with Crippen LogP contribution >= 0.6 is 0 Å². The number of amides is 1. The lowest BCUT2D eigenvalue weighted by Gasteiger charge is -2.39. The van der Waals surface area contributed by atoms with Gasteiger partial charge in [0, 0.05) is 54.1 Å². The predicted molar refractivity (Wildman–Crippen MR) is 219 cm³/mol. The van der Waals surface area contributed by atoms with E-state index in [0.717, 1.165) is 90.2 Å². The Morgan fingerprint density at radius 1 is 0.909 bits per heavy atom. The van der Waals surface area contributed by atoms with Crippen molar-refractivity contribution in [1.29, 1.82) is 0 Å². The van der Waals surface area contributed by atoms with Crippen LogP contribution in [0, 0.1) is 20.8 Å². The fourth-order valence-corrected chi connectivity index (χ4v) is 9.11. The molecule has 0 radical (unpaired) electrons. The molecule has 8 bridgehead atoms. The summed E-state index contributed by atoms with van der Waals surface area (Å²) in [5.41, 5.74) is 14.5. The van der Waals surface area contributed by atoms with E-state index in [2.05, 4.69) is 75.4 Å². The Labute approximate surface area is 324 Å². The average molecular weight is 772 g/mol. The Morgan fingerprint density at radius 2 is 1.55 bits per heavy atom. The number of aromatic amines is 2. The fourth-order valence-electron chi connectivity index (χ4n) is 7.73. The second-order valence-corrected chi connectivity index (χ2v) is 16.4. The molecule has 1 saturated heterocycles. The number of nitrogens with one attached hydrogen (secondary N) is 2. The van der Waals surface area contributed by atoms with Gasteiger partial charge in [-0.05, 0) is 122 Å². The van der Waals surface area contributed by atoms with Crippen molar-refractivity contribution in [2.75, 3.05) is 26.0 Å². The highest BCUT2D eigenvalue weighted by atomic mass is 32.2. The molecule has 12 nitrogen and oxygen atoms in total. The van der Waals surface area contributed by atoms with Crippen LogP contribution in [-0.4, -0.2) is 112 Å². The van der Waals surface area contributed by atoms with Crippen LogP contribution in [0.4, 0.5) is 0 Å². The number of aryl methyl sites for hydroxylation is 3. The average Bonchev–Trinajstić information content (AvgIpc) is 3.87. The first-order valence-corrected chi connectivity index (χ1v) is 20.2. The third kappa shape index (κ3) is 7.84. The van der Waals surface area contributed by atoms with Gasteiger partial charge < -0.3 is 44.6 Å². The van der Waals surface area contributed by atoms with E-state index in [0.29, 0.717) is 19.4 Å². The molecule has 6 rings (SSSR count). The number of hydrogen-bond donors (Lipinski definition) is 6. The lowest BCUT2D eigenvalue weighted by molar-refractivity contribution is -0.207. The summed E-state index contributed by atoms with van der Waals surface area (Å²) in [6, 6.07) is 8.42. The van der Waals surface area contributed by atoms with Crippen LogP contribution in [0.2, 0.25) is 0 Å². The minimum atomic E-state index is -1.74. The molecular weight excluding hydrogens is 719 g/mol. The van der Waals surface area contributed by atoms with Gasteiger partial charge in [0.2, 0.25) is 11.3 Å². The second kappa shape index (κ2) is 16.6. The molecule has 1 fully saturated rings. The molecule has 6 N–H and O–H groups in total. The van der Waals surface area contributed by atoms with E-state index in [1.807, 2.05) is 13.0 Å². The fraction of sp³-hybridized carbons (Fsp3) is 0.452. The molecule has 0 aromatic carbocycles. The predicted octanol–water partition coefficient (Wildman–Crippen LogP) is 5.33. The van der Waals surface area contributed by atoms with Gasteiger partial charge >= 0.3 is 0 Å². The smallest absolute Gasteiger partial charge is 0.245 e. The highest BCUT2D eigenvalue weighted by Gasteiger charge is 2.48. The first kappa shape index (κ1) is 40.6. The first-order chi connectivity index (χ1) is 26.2. The zero-order chi connectivity index (χ0) is 39.9. The Morgan fingerprint density at radius 3 is 2.24 bits per heavy atom. The number of aliphatic hydroxyl groups is 4. The zero-order valence-electron chi connectivity index (χ0n) is 32.7. The van der Waals surface area contributed by atoms with Gasteiger partial charge in [-0.15, -0.1) is 0 Å². The van der Waals surface area contributed by atoms with Gasteiger partial charge in [-0.2, -0.15) is 0 Å². The molecular formula is C42H53N5O7S. The van der Waals surface area contributed by atoms with Gasteiger partial charge in [-0.25, -0.2) is 9.97 Å². The molecule has 6 heterocycles. The normalized spacial score (nSPS) is 22.0. The number of carbonyl (C=O) groups is 1. The molecule has 6 atom stereocenters. The largest absolute Gasteiger partial charge is 0.614 e. The van der Waals surface area contributed by atoms with Crippen LogP contribution in [0.25, 0.3) is 50.4 Å². The zero-order valence-corrected chi connectivity index (χ0v) is 33.5. The molecule has 1 amide bonds. The van der Waals surface area contributed by atoms with Gasteiger partial charge in [0.15, 0.2) is 6.10 Å². The highest BCUT2D eigenvalue weighted by Crippen LogP contribution is 2.38. The van der Waals surface area contributed by atoms with Crippen LogP contribution in [0.5, 0.6) is 0 Å². The molecule has 13 heteroatoms. The number of ether oxygens (including phenoxy) is 1. The second-order valence-electron chi connectivity index (χ2n) is 14.8. The summed E-state index contributed by atoms with van der Waals surface area (Å²) in [5, 5.41) is 40.0. The van der Waals surface area contributed by atoms with E-state index in [1.165, 1.54) is 5.57 Å². The SMILES string of the molecule is C=Cc1c(C)c2cc3nc(c(C)c4cc(C)c(cc5nc(cc1[nH]2)C(C)=C5CC)[nH]4)C(CCC(=O)N(C)CCC[S+]([O-])[C@@H]1O[C@H](CO)[C@@H](O)[C@H](O)[C@H]1O)=C3C. The van der Waals surface area contributed by atoms with Gasteiger partial charge in [-0.3, -0.25) is 4.79 Å². The summed E-state index contributed by atoms with van der Waals surface area (Å²) < 4.78 is 18.4. The maximum atomic E-state index is 13.5. The third-order valence-electron chi connectivity index (χ3n) is 11.3. The van der Waals surface area contributed by atoms with Gasteiger partial charge in [0.05, 0.1) is 29.4 Å². The number of aliphatic hydroxyl groups excluding tert-OH is 4. The first-order valence-electron chi connectivity index (χ1n) is 18.9. The topological polar surface area (TPSA) is 191 Å². The lowest BCUT2D eigenvalue weighted by atomic mass is 9.98. The Bertz CT molecular complexity index is 2220. The number of carbonyl (C=O) groups excluding carboxylic acids is 1. The minimum absolute atomic E-state index is 0.0845. The molecule has 3 aromatic rings. The van der Waals surface area contributed by atoms with Crippen molar-refractivity contribution < 1.29 is 34.5 Å². The summed E-state index contributed by atoms with van der Waals surface area (Å²) in [6.07, 6.45) is -2.04. The summed E-state index contributed by atoms with van der Waals surface area (Å²) >= 11 is -1.74.